The van der Waals surface area contributed by atoms with E-state index in [2.05, 4.69) is 19.8 Å². The number of piperazine rings is 1. The molecular formula is C27H32ClN7O3S2. The van der Waals surface area contributed by atoms with E-state index in [4.69, 9.17) is 17.3 Å². The number of hydrogen-bond acceptors (Lipinski definition) is 9. The van der Waals surface area contributed by atoms with E-state index < -0.39 is 10.0 Å². The molecule has 2 N–H and O–H groups in total. The SMILES string of the molecule is CN(C)CCN(C)C[C@H]1CN(S(=O)(=O)c2cc3ccc(Cl)cc3s2)CC(=O)N1Cc1ccc2c(N)ncnc2c1. The molecule has 1 atom stereocenters. The van der Waals surface area contributed by atoms with Crippen LogP contribution < -0.4 is 5.73 Å². The fourth-order valence-electron chi connectivity index (χ4n) is 4.88. The van der Waals surface area contributed by atoms with Gasteiger partial charge in [0.05, 0.1) is 18.1 Å². The molecule has 0 saturated carbocycles. The Morgan fingerprint density at radius 1 is 1.10 bits per heavy atom. The molecule has 5 rings (SSSR count). The van der Waals surface area contributed by atoms with Crippen LogP contribution in [0.5, 0.6) is 0 Å². The Morgan fingerprint density at radius 2 is 1.90 bits per heavy atom. The third-order valence-corrected chi connectivity index (χ3v) is 10.7. The van der Waals surface area contributed by atoms with Crippen LogP contribution in [0, 0.1) is 0 Å². The number of nitrogen functional groups attached to an aromatic ring is 1. The highest BCUT2D eigenvalue weighted by molar-refractivity contribution is 7.91. The van der Waals surface area contributed by atoms with Gasteiger partial charge in [0.25, 0.3) is 10.0 Å². The number of hydrogen-bond donors (Lipinski definition) is 1. The largest absolute Gasteiger partial charge is 0.383 e. The summed E-state index contributed by atoms with van der Waals surface area (Å²) in [6, 6.07) is 12.3. The molecule has 3 heterocycles. The first-order valence-electron chi connectivity index (χ1n) is 12.8. The number of amides is 1. The molecule has 0 spiro atoms. The standard InChI is InChI=1S/C27H32ClN7O3S2/c1-32(2)8-9-33(3)14-21-15-34(40(37,38)26-11-19-5-6-20(28)12-24(19)39-26)16-25(36)35(21)13-18-4-7-22-23(10-18)30-17-31-27(22)29/h4-7,10-12,17,21H,8-9,13-16H2,1-3H3,(H2,29,30,31)/t21-/m0/s1. The van der Waals surface area contributed by atoms with Crippen LogP contribution >= 0.6 is 22.9 Å². The Hall–Kier alpha value is -2.87. The molecule has 10 nitrogen and oxygen atoms in total. The van der Waals surface area contributed by atoms with Gasteiger partial charge in [-0.15, -0.1) is 11.3 Å². The molecule has 1 amide bonds. The van der Waals surface area contributed by atoms with E-state index in [1.165, 1.54) is 22.0 Å². The summed E-state index contributed by atoms with van der Waals surface area (Å²) < 4.78 is 29.8. The van der Waals surface area contributed by atoms with Crippen molar-refractivity contribution in [1.29, 1.82) is 0 Å². The number of sulfonamides is 1. The van der Waals surface area contributed by atoms with Crippen LogP contribution in [-0.4, -0.2) is 103 Å². The molecule has 4 aromatic rings. The lowest BCUT2D eigenvalue weighted by Gasteiger charge is -2.42. The number of rotatable bonds is 9. The molecule has 13 heteroatoms. The second kappa shape index (κ2) is 11.6. The average molecular weight is 602 g/mol. The quantitative estimate of drug-likeness (QED) is 0.311. The molecule has 1 aliphatic heterocycles. The Morgan fingerprint density at radius 3 is 2.67 bits per heavy atom. The van der Waals surface area contributed by atoms with Crippen LogP contribution in [0.2, 0.25) is 5.02 Å². The van der Waals surface area contributed by atoms with Crippen LogP contribution in [-0.2, 0) is 21.4 Å². The van der Waals surface area contributed by atoms with Crippen molar-refractivity contribution in [3.63, 3.8) is 0 Å². The van der Waals surface area contributed by atoms with E-state index in [9.17, 15) is 13.2 Å². The minimum atomic E-state index is -3.89. The van der Waals surface area contributed by atoms with Gasteiger partial charge in [-0.2, -0.15) is 4.31 Å². The molecule has 0 bridgehead atoms. The van der Waals surface area contributed by atoms with E-state index in [-0.39, 0.29) is 29.2 Å². The number of likely N-dealkylation sites (N-methyl/N-ethyl adjacent to an activating group) is 2. The monoisotopic (exact) mass is 601 g/mol. The molecule has 1 fully saturated rings. The van der Waals surface area contributed by atoms with Gasteiger partial charge in [-0.1, -0.05) is 23.7 Å². The summed E-state index contributed by atoms with van der Waals surface area (Å²) in [5, 5.41) is 2.10. The average Bonchev–Trinajstić information content (AvgIpc) is 3.33. The van der Waals surface area contributed by atoms with Crippen LogP contribution in [0.25, 0.3) is 21.0 Å². The lowest BCUT2D eigenvalue weighted by Crippen LogP contribution is -2.60. The first kappa shape index (κ1) is 28.7. The molecule has 0 aliphatic carbocycles. The van der Waals surface area contributed by atoms with Crippen LogP contribution in [0.3, 0.4) is 0 Å². The molecule has 40 heavy (non-hydrogen) atoms. The van der Waals surface area contributed by atoms with E-state index in [1.807, 2.05) is 39.3 Å². The number of halogens is 1. The number of benzene rings is 2. The van der Waals surface area contributed by atoms with Crippen LogP contribution in [0.15, 0.2) is 53.0 Å². The third-order valence-electron chi connectivity index (χ3n) is 7.08. The van der Waals surface area contributed by atoms with Gasteiger partial charge in [0.1, 0.15) is 16.4 Å². The molecular weight excluding hydrogens is 570 g/mol. The van der Waals surface area contributed by atoms with Crippen molar-refractivity contribution >= 4 is 65.7 Å². The highest BCUT2D eigenvalue weighted by atomic mass is 35.5. The van der Waals surface area contributed by atoms with Crippen molar-refractivity contribution in [2.75, 3.05) is 59.6 Å². The molecule has 2 aromatic heterocycles. The van der Waals surface area contributed by atoms with Crippen LogP contribution in [0.4, 0.5) is 5.82 Å². The van der Waals surface area contributed by atoms with E-state index in [0.29, 0.717) is 29.4 Å². The Balaban J connectivity index is 1.43. The zero-order chi connectivity index (χ0) is 28.6. The molecule has 2 aromatic carbocycles. The maximum absolute atomic E-state index is 13.8. The van der Waals surface area contributed by atoms with Gasteiger partial charge in [-0.25, -0.2) is 18.4 Å². The van der Waals surface area contributed by atoms with Crippen molar-refractivity contribution in [2.45, 2.75) is 16.8 Å². The number of nitrogens with zero attached hydrogens (tertiary/aromatic N) is 6. The van der Waals surface area contributed by atoms with E-state index in [0.717, 1.165) is 34.1 Å². The fourth-order valence-corrected chi connectivity index (χ4v) is 8.13. The number of anilines is 1. The highest BCUT2D eigenvalue weighted by Crippen LogP contribution is 2.34. The number of carbonyl (C=O) groups is 1. The van der Waals surface area contributed by atoms with Crippen molar-refractivity contribution in [3.05, 3.63) is 59.4 Å². The van der Waals surface area contributed by atoms with Gasteiger partial charge in [-0.3, -0.25) is 4.79 Å². The number of nitrogens with two attached hydrogens (primary N) is 1. The Labute approximate surface area is 243 Å². The first-order valence-corrected chi connectivity index (χ1v) is 15.5. The van der Waals surface area contributed by atoms with Crippen LogP contribution in [0.1, 0.15) is 5.56 Å². The minimum Gasteiger partial charge on any atom is -0.383 e. The summed E-state index contributed by atoms with van der Waals surface area (Å²) >= 11 is 7.29. The summed E-state index contributed by atoms with van der Waals surface area (Å²) in [5.41, 5.74) is 7.57. The Kier molecular flexibility index (Phi) is 8.27. The second-order valence-electron chi connectivity index (χ2n) is 10.4. The minimum absolute atomic E-state index is 0.193. The summed E-state index contributed by atoms with van der Waals surface area (Å²) in [6.07, 6.45) is 1.42. The molecule has 1 saturated heterocycles. The van der Waals surface area contributed by atoms with Gasteiger partial charge in [0.15, 0.2) is 0 Å². The molecule has 212 valence electrons. The molecule has 0 unspecified atom stereocenters. The van der Waals surface area contributed by atoms with Gasteiger partial charge in [0.2, 0.25) is 5.91 Å². The smallest absolute Gasteiger partial charge is 0.253 e. The summed E-state index contributed by atoms with van der Waals surface area (Å²) in [4.78, 5) is 28.0. The number of carbonyl (C=O) groups excluding carboxylic acids is 1. The number of fused-ring (bicyclic) bond motifs is 2. The van der Waals surface area contributed by atoms with Crippen molar-refractivity contribution in [2.24, 2.45) is 0 Å². The second-order valence-corrected chi connectivity index (χ2v) is 14.1. The Bertz CT molecular complexity index is 1660. The van der Waals surface area contributed by atoms with E-state index >= 15 is 0 Å². The topological polar surface area (TPSA) is 116 Å². The normalized spacial score (nSPS) is 17.1. The molecule has 0 radical (unpaired) electrons. The lowest BCUT2D eigenvalue weighted by molar-refractivity contribution is -0.138. The zero-order valence-electron chi connectivity index (χ0n) is 22.6. The fraction of sp³-hybridized carbons (Fsp3) is 0.370. The first-order chi connectivity index (χ1) is 19.0. The van der Waals surface area contributed by atoms with Crippen molar-refractivity contribution < 1.29 is 13.2 Å². The predicted molar refractivity (Wildman–Crippen MR) is 160 cm³/mol. The predicted octanol–water partition coefficient (Wildman–Crippen LogP) is 2.98. The summed E-state index contributed by atoms with van der Waals surface area (Å²) in [6.45, 7) is 2.45. The highest BCUT2D eigenvalue weighted by Gasteiger charge is 2.39. The van der Waals surface area contributed by atoms with Crippen molar-refractivity contribution in [1.82, 2.24) is 29.0 Å². The summed E-state index contributed by atoms with van der Waals surface area (Å²) in [7, 11) is 2.11. The van der Waals surface area contributed by atoms with Crippen molar-refractivity contribution in [3.8, 4) is 0 Å². The third kappa shape index (κ3) is 6.07. The van der Waals surface area contributed by atoms with Gasteiger partial charge in [-0.05, 0) is 62.4 Å². The lowest BCUT2D eigenvalue weighted by atomic mass is 10.1. The summed E-state index contributed by atoms with van der Waals surface area (Å²) in [5.74, 6) is 0.155. The van der Waals surface area contributed by atoms with Gasteiger partial charge < -0.3 is 20.4 Å². The number of aromatic nitrogens is 2. The maximum Gasteiger partial charge on any atom is 0.253 e. The maximum atomic E-state index is 13.8. The zero-order valence-corrected chi connectivity index (χ0v) is 25.0. The van der Waals surface area contributed by atoms with E-state index in [1.54, 1.807) is 29.2 Å². The molecule has 1 aliphatic rings. The number of thiophene rings is 1. The van der Waals surface area contributed by atoms with Gasteiger partial charge >= 0.3 is 0 Å². The van der Waals surface area contributed by atoms with Gasteiger partial charge in [0, 0.05) is 47.8 Å².